The van der Waals surface area contributed by atoms with E-state index in [1.165, 1.54) is 12.5 Å². The number of halogens is 2. The van der Waals surface area contributed by atoms with E-state index in [2.05, 4.69) is 29.1 Å². The number of ether oxygens (including phenoxy) is 2. The van der Waals surface area contributed by atoms with E-state index < -0.39 is 12.7 Å². The van der Waals surface area contributed by atoms with Crippen molar-refractivity contribution in [2.24, 2.45) is 0 Å². The molecule has 0 unspecified atom stereocenters. The second kappa shape index (κ2) is 9.73. The Balaban J connectivity index is 1.60. The van der Waals surface area contributed by atoms with Gasteiger partial charge in [0.25, 0.3) is 6.43 Å². The Morgan fingerprint density at radius 2 is 1.94 bits per heavy atom. The Morgan fingerprint density at radius 1 is 1.21 bits per heavy atom. The number of anilines is 1. The molecule has 6 nitrogen and oxygen atoms in total. The summed E-state index contributed by atoms with van der Waals surface area (Å²) in [7, 11) is 0. The van der Waals surface area contributed by atoms with Crippen molar-refractivity contribution in [2.45, 2.75) is 71.3 Å². The maximum atomic E-state index is 13.3. The molecular weight excluding hydrogens is 426 g/mol. The van der Waals surface area contributed by atoms with E-state index in [0.717, 1.165) is 35.4 Å². The van der Waals surface area contributed by atoms with Crippen molar-refractivity contribution in [1.29, 1.82) is 0 Å². The summed E-state index contributed by atoms with van der Waals surface area (Å²) in [5.41, 5.74) is 3.91. The highest BCUT2D eigenvalue weighted by Gasteiger charge is 2.33. The van der Waals surface area contributed by atoms with Crippen LogP contribution in [0.25, 0.3) is 0 Å². The van der Waals surface area contributed by atoms with E-state index in [-0.39, 0.29) is 11.1 Å². The van der Waals surface area contributed by atoms with Gasteiger partial charge >= 0.3 is 0 Å². The fourth-order valence-electron chi connectivity index (χ4n) is 4.50. The quantitative estimate of drug-likeness (QED) is 0.533. The molecule has 1 aromatic heterocycles. The van der Waals surface area contributed by atoms with Crippen LogP contribution < -0.4 is 10.6 Å². The molecule has 1 aliphatic heterocycles. The van der Waals surface area contributed by atoms with E-state index in [1.54, 1.807) is 13.0 Å². The van der Waals surface area contributed by atoms with E-state index in [0.29, 0.717) is 43.4 Å². The first kappa shape index (κ1) is 23.6. The lowest BCUT2D eigenvalue weighted by atomic mass is 9.78. The van der Waals surface area contributed by atoms with Gasteiger partial charge in [-0.2, -0.15) is 0 Å². The molecule has 8 heteroatoms. The second-order valence-corrected chi connectivity index (χ2v) is 9.16. The molecule has 0 atom stereocenters. The Kier molecular flexibility index (Phi) is 6.95. The minimum absolute atomic E-state index is 0.0448. The number of alkyl halides is 2. The molecule has 0 amide bonds. The summed E-state index contributed by atoms with van der Waals surface area (Å²) < 4.78 is 38.3. The summed E-state index contributed by atoms with van der Waals surface area (Å²) in [6.07, 6.45) is 0.902. The molecule has 33 heavy (non-hydrogen) atoms. The first-order valence-corrected chi connectivity index (χ1v) is 11.4. The maximum Gasteiger partial charge on any atom is 0.264 e. The van der Waals surface area contributed by atoms with Gasteiger partial charge in [-0.25, -0.2) is 18.7 Å². The van der Waals surface area contributed by atoms with Crippen molar-refractivity contribution in [3.05, 3.63) is 64.2 Å². The lowest BCUT2D eigenvalue weighted by molar-refractivity contribution is -0.0446. The standard InChI is InChI=1S/C25H32F2N4O2/c1-15(31-25(4)9-6-10-25)13-20-21(24-32-11-12-33-24)23(30-17(3)29-20)28-14-18-7-5-8-19(16(18)2)22(26)27/h5,7-8,22,24,31H,1,6,9-14H2,2-4H3,(H,28,29,30). The van der Waals surface area contributed by atoms with Gasteiger partial charge in [0.2, 0.25) is 0 Å². The SMILES string of the molecule is C=C(Cc1nc(C)nc(NCc2cccc(C(F)F)c2C)c1C1OCCO1)NC1(C)CCC1. The number of rotatable bonds is 9. The lowest BCUT2D eigenvalue weighted by Crippen LogP contribution is -2.47. The van der Waals surface area contributed by atoms with Crippen LogP contribution in [0.3, 0.4) is 0 Å². The van der Waals surface area contributed by atoms with Gasteiger partial charge in [-0.05, 0) is 51.2 Å². The molecule has 178 valence electrons. The number of nitrogens with zero attached hydrogens (tertiary/aromatic N) is 2. The van der Waals surface area contributed by atoms with Crippen molar-refractivity contribution in [2.75, 3.05) is 18.5 Å². The van der Waals surface area contributed by atoms with Gasteiger partial charge in [0, 0.05) is 29.8 Å². The highest BCUT2D eigenvalue weighted by molar-refractivity contribution is 5.50. The van der Waals surface area contributed by atoms with E-state index in [4.69, 9.17) is 14.5 Å². The highest BCUT2D eigenvalue weighted by atomic mass is 19.3. The van der Waals surface area contributed by atoms with Crippen LogP contribution in [0.2, 0.25) is 0 Å². The molecule has 0 bridgehead atoms. The topological polar surface area (TPSA) is 68.3 Å². The first-order chi connectivity index (χ1) is 15.8. The van der Waals surface area contributed by atoms with Gasteiger partial charge in [0.1, 0.15) is 11.6 Å². The third-order valence-corrected chi connectivity index (χ3v) is 6.48. The fraction of sp³-hybridized carbons (Fsp3) is 0.520. The summed E-state index contributed by atoms with van der Waals surface area (Å²) in [4.78, 5) is 9.30. The summed E-state index contributed by atoms with van der Waals surface area (Å²) in [5, 5.41) is 6.88. The molecule has 1 aromatic carbocycles. The van der Waals surface area contributed by atoms with Gasteiger partial charge < -0.3 is 20.1 Å². The molecule has 2 fully saturated rings. The van der Waals surface area contributed by atoms with E-state index in [9.17, 15) is 8.78 Å². The van der Waals surface area contributed by atoms with Crippen LogP contribution in [0, 0.1) is 13.8 Å². The van der Waals surface area contributed by atoms with E-state index in [1.807, 2.05) is 13.0 Å². The lowest BCUT2D eigenvalue weighted by Gasteiger charge is -2.40. The molecule has 4 rings (SSSR count). The molecular formula is C25H32F2N4O2. The smallest absolute Gasteiger partial charge is 0.264 e. The highest BCUT2D eigenvalue weighted by Crippen LogP contribution is 2.35. The predicted octanol–water partition coefficient (Wildman–Crippen LogP) is 5.28. The summed E-state index contributed by atoms with van der Waals surface area (Å²) in [6.45, 7) is 11.3. The second-order valence-electron chi connectivity index (χ2n) is 9.16. The van der Waals surface area contributed by atoms with Gasteiger partial charge in [0.15, 0.2) is 6.29 Å². The van der Waals surface area contributed by atoms with Crippen LogP contribution in [-0.4, -0.2) is 28.7 Å². The average Bonchev–Trinajstić information content (AvgIpc) is 3.25. The zero-order valence-corrected chi connectivity index (χ0v) is 19.5. The molecule has 0 spiro atoms. The Hall–Kier alpha value is -2.58. The van der Waals surface area contributed by atoms with E-state index >= 15 is 0 Å². The van der Waals surface area contributed by atoms with Crippen LogP contribution >= 0.6 is 0 Å². The minimum atomic E-state index is -2.51. The van der Waals surface area contributed by atoms with Crippen molar-refractivity contribution < 1.29 is 18.3 Å². The number of hydrogen-bond acceptors (Lipinski definition) is 6. The third-order valence-electron chi connectivity index (χ3n) is 6.48. The summed E-state index contributed by atoms with van der Waals surface area (Å²) in [5.74, 6) is 1.20. The third kappa shape index (κ3) is 5.33. The van der Waals surface area contributed by atoms with Crippen LogP contribution in [0.15, 0.2) is 30.5 Å². The Bertz CT molecular complexity index is 1020. The average molecular weight is 459 g/mol. The van der Waals surface area contributed by atoms with Crippen molar-refractivity contribution in [3.63, 3.8) is 0 Å². The number of aryl methyl sites for hydroxylation is 1. The zero-order valence-electron chi connectivity index (χ0n) is 19.5. The largest absolute Gasteiger partial charge is 0.383 e. The van der Waals surface area contributed by atoms with Crippen LogP contribution in [0.5, 0.6) is 0 Å². The van der Waals surface area contributed by atoms with Crippen molar-refractivity contribution in [3.8, 4) is 0 Å². The van der Waals surface area contributed by atoms with Crippen LogP contribution in [0.4, 0.5) is 14.6 Å². The molecule has 2 N–H and O–H groups in total. The van der Waals surface area contributed by atoms with Crippen molar-refractivity contribution in [1.82, 2.24) is 15.3 Å². The Morgan fingerprint density at radius 3 is 2.58 bits per heavy atom. The van der Waals surface area contributed by atoms with Crippen molar-refractivity contribution >= 4 is 5.82 Å². The van der Waals surface area contributed by atoms with Gasteiger partial charge in [-0.3, -0.25) is 0 Å². The summed E-state index contributed by atoms with van der Waals surface area (Å²) >= 11 is 0. The predicted molar refractivity (Wildman–Crippen MR) is 123 cm³/mol. The number of benzene rings is 1. The number of hydrogen-bond donors (Lipinski definition) is 2. The number of allylic oxidation sites excluding steroid dienone is 1. The first-order valence-electron chi connectivity index (χ1n) is 11.4. The van der Waals surface area contributed by atoms with Crippen LogP contribution in [-0.2, 0) is 22.4 Å². The molecule has 1 saturated carbocycles. The molecule has 2 aliphatic rings. The van der Waals surface area contributed by atoms with Gasteiger partial charge in [-0.1, -0.05) is 24.8 Å². The molecule has 2 aromatic rings. The molecule has 2 heterocycles. The van der Waals surface area contributed by atoms with Gasteiger partial charge in [0.05, 0.1) is 24.5 Å². The maximum absolute atomic E-state index is 13.3. The van der Waals surface area contributed by atoms with Gasteiger partial charge in [-0.15, -0.1) is 0 Å². The normalized spacial score (nSPS) is 17.8. The molecule has 0 radical (unpaired) electrons. The monoisotopic (exact) mass is 458 g/mol. The minimum Gasteiger partial charge on any atom is -0.383 e. The number of nitrogens with one attached hydrogen (secondary N) is 2. The number of aromatic nitrogens is 2. The molecule has 1 saturated heterocycles. The Labute approximate surface area is 193 Å². The van der Waals surface area contributed by atoms with Crippen LogP contribution in [0.1, 0.15) is 72.7 Å². The molecule has 1 aliphatic carbocycles. The fourth-order valence-corrected chi connectivity index (χ4v) is 4.50. The summed E-state index contributed by atoms with van der Waals surface area (Å²) in [6, 6.07) is 4.96. The zero-order chi connectivity index (χ0) is 23.6.